The maximum atomic E-state index is 12.0. The molecule has 25 heavy (non-hydrogen) atoms. The predicted octanol–water partition coefficient (Wildman–Crippen LogP) is 2.97. The smallest absolute Gasteiger partial charge is 0.293 e. The number of amides is 1. The Balaban J connectivity index is 2.14. The lowest BCUT2D eigenvalue weighted by atomic mass is 10.1. The average Bonchev–Trinajstić information content (AvgIpc) is 2.61. The average molecular weight is 364 g/mol. The first-order chi connectivity index (χ1) is 12.0. The number of benzene rings is 2. The quantitative estimate of drug-likeness (QED) is 0.380. The third kappa shape index (κ3) is 5.17. The number of carbonyl (C=O) groups is 1. The van der Waals surface area contributed by atoms with E-state index in [1.807, 2.05) is 12.1 Å². The molecule has 0 unspecified atom stereocenters. The standard InChI is InChI=1S/C17H18ClN3O4/c18-14-5-2-1-4-13(14)11-20-15-7-6-12(10-16(15)21(24)25)17(23)19-8-3-9-22/h1-2,4-7,10,20,22H,3,8-9,11H2,(H,19,23). The van der Waals surface area contributed by atoms with E-state index in [1.165, 1.54) is 18.2 Å². The zero-order chi connectivity index (χ0) is 18.2. The number of nitro groups is 1. The minimum Gasteiger partial charge on any atom is -0.396 e. The number of nitrogens with one attached hydrogen (secondary N) is 2. The Kier molecular flexibility index (Phi) is 6.73. The van der Waals surface area contributed by atoms with Crippen LogP contribution in [-0.4, -0.2) is 29.1 Å². The molecular weight excluding hydrogens is 346 g/mol. The molecule has 0 fully saturated rings. The van der Waals surface area contributed by atoms with Gasteiger partial charge in [0.1, 0.15) is 5.69 Å². The van der Waals surface area contributed by atoms with Crippen LogP contribution < -0.4 is 10.6 Å². The van der Waals surface area contributed by atoms with E-state index in [0.29, 0.717) is 30.2 Å². The number of halogens is 1. The maximum absolute atomic E-state index is 12.0. The first kappa shape index (κ1) is 18.7. The van der Waals surface area contributed by atoms with Gasteiger partial charge < -0.3 is 15.7 Å². The van der Waals surface area contributed by atoms with Crippen LogP contribution in [0.4, 0.5) is 11.4 Å². The van der Waals surface area contributed by atoms with Crippen molar-refractivity contribution in [3.63, 3.8) is 0 Å². The molecule has 2 rings (SSSR count). The Morgan fingerprint density at radius 1 is 1.24 bits per heavy atom. The molecule has 3 N–H and O–H groups in total. The number of rotatable bonds is 8. The summed E-state index contributed by atoms with van der Waals surface area (Å²) in [6.45, 7) is 0.587. The Bertz CT molecular complexity index is 767. The molecule has 8 heteroatoms. The van der Waals surface area contributed by atoms with Crippen molar-refractivity contribution in [1.82, 2.24) is 5.32 Å². The lowest BCUT2D eigenvalue weighted by molar-refractivity contribution is -0.384. The Labute approximate surface area is 149 Å². The Morgan fingerprint density at radius 3 is 2.68 bits per heavy atom. The van der Waals surface area contributed by atoms with Crippen LogP contribution in [-0.2, 0) is 6.54 Å². The van der Waals surface area contributed by atoms with Crippen molar-refractivity contribution in [2.24, 2.45) is 0 Å². The van der Waals surface area contributed by atoms with Gasteiger partial charge in [0, 0.05) is 36.3 Å². The molecule has 0 saturated heterocycles. The molecular formula is C17H18ClN3O4. The van der Waals surface area contributed by atoms with Gasteiger partial charge >= 0.3 is 0 Å². The van der Waals surface area contributed by atoms with Gasteiger partial charge in [0.15, 0.2) is 0 Å². The molecule has 0 radical (unpaired) electrons. The third-order valence-corrected chi connectivity index (χ3v) is 3.87. The fraction of sp³-hybridized carbons (Fsp3) is 0.235. The summed E-state index contributed by atoms with van der Waals surface area (Å²) < 4.78 is 0. The van der Waals surface area contributed by atoms with Gasteiger partial charge in [-0.1, -0.05) is 29.8 Å². The number of anilines is 1. The molecule has 0 saturated carbocycles. The van der Waals surface area contributed by atoms with E-state index < -0.39 is 10.8 Å². The SMILES string of the molecule is O=C(NCCCO)c1ccc(NCc2ccccc2Cl)c([N+](=O)[O-])c1. The number of nitro benzene ring substituents is 1. The number of carbonyl (C=O) groups excluding carboxylic acids is 1. The van der Waals surface area contributed by atoms with Gasteiger partial charge in [0.25, 0.3) is 11.6 Å². The van der Waals surface area contributed by atoms with Crippen molar-refractivity contribution in [2.75, 3.05) is 18.5 Å². The molecule has 0 heterocycles. The third-order valence-electron chi connectivity index (χ3n) is 3.50. The van der Waals surface area contributed by atoms with Gasteiger partial charge in [0.05, 0.1) is 4.92 Å². The van der Waals surface area contributed by atoms with Gasteiger partial charge in [-0.25, -0.2) is 0 Å². The van der Waals surface area contributed by atoms with Crippen LogP contribution >= 0.6 is 11.6 Å². The van der Waals surface area contributed by atoms with E-state index in [2.05, 4.69) is 10.6 Å². The summed E-state index contributed by atoms with van der Waals surface area (Å²) in [5, 5.41) is 26.2. The van der Waals surface area contributed by atoms with Crippen LogP contribution in [0, 0.1) is 10.1 Å². The molecule has 2 aromatic rings. The largest absolute Gasteiger partial charge is 0.396 e. The molecule has 0 aliphatic carbocycles. The van der Waals surface area contributed by atoms with Crippen LogP contribution in [0.3, 0.4) is 0 Å². The summed E-state index contributed by atoms with van der Waals surface area (Å²) in [6.07, 6.45) is 0.422. The Morgan fingerprint density at radius 2 is 2.00 bits per heavy atom. The summed E-state index contributed by atoms with van der Waals surface area (Å²) in [4.78, 5) is 22.7. The number of aliphatic hydroxyl groups is 1. The van der Waals surface area contributed by atoms with Crippen molar-refractivity contribution in [3.05, 3.63) is 68.7 Å². The van der Waals surface area contributed by atoms with E-state index in [9.17, 15) is 14.9 Å². The van der Waals surface area contributed by atoms with E-state index in [-0.39, 0.29) is 17.9 Å². The maximum Gasteiger partial charge on any atom is 0.293 e. The number of hydrogen-bond donors (Lipinski definition) is 3. The first-order valence-electron chi connectivity index (χ1n) is 7.67. The van der Waals surface area contributed by atoms with Gasteiger partial charge in [-0.2, -0.15) is 0 Å². The van der Waals surface area contributed by atoms with Crippen LogP contribution in [0.1, 0.15) is 22.3 Å². The minimum absolute atomic E-state index is 0.0364. The van der Waals surface area contributed by atoms with Crippen molar-refractivity contribution >= 4 is 28.9 Å². The molecule has 0 aliphatic heterocycles. The monoisotopic (exact) mass is 363 g/mol. The second-order valence-corrected chi connectivity index (χ2v) is 5.67. The van der Waals surface area contributed by atoms with Crippen LogP contribution in [0.2, 0.25) is 5.02 Å². The van der Waals surface area contributed by atoms with Gasteiger partial charge in [-0.15, -0.1) is 0 Å². The van der Waals surface area contributed by atoms with Crippen molar-refractivity contribution in [1.29, 1.82) is 0 Å². The number of nitrogens with zero attached hydrogens (tertiary/aromatic N) is 1. The van der Waals surface area contributed by atoms with E-state index in [1.54, 1.807) is 12.1 Å². The summed E-state index contributed by atoms with van der Waals surface area (Å²) in [5.74, 6) is -0.422. The normalized spacial score (nSPS) is 10.3. The highest BCUT2D eigenvalue weighted by atomic mass is 35.5. The molecule has 2 aromatic carbocycles. The lowest BCUT2D eigenvalue weighted by Gasteiger charge is -2.10. The second kappa shape index (κ2) is 9.00. The highest BCUT2D eigenvalue weighted by Crippen LogP contribution is 2.27. The minimum atomic E-state index is -0.542. The van der Waals surface area contributed by atoms with E-state index in [4.69, 9.17) is 16.7 Å². The van der Waals surface area contributed by atoms with E-state index >= 15 is 0 Å². The van der Waals surface area contributed by atoms with Crippen molar-refractivity contribution < 1.29 is 14.8 Å². The van der Waals surface area contributed by atoms with E-state index in [0.717, 1.165) is 5.56 Å². The van der Waals surface area contributed by atoms with Crippen LogP contribution in [0.5, 0.6) is 0 Å². The summed E-state index contributed by atoms with van der Waals surface area (Å²) >= 11 is 6.08. The van der Waals surface area contributed by atoms with Crippen LogP contribution in [0.15, 0.2) is 42.5 Å². The van der Waals surface area contributed by atoms with Gasteiger partial charge in [0.2, 0.25) is 0 Å². The molecule has 0 aliphatic rings. The fourth-order valence-electron chi connectivity index (χ4n) is 2.19. The Hall–Kier alpha value is -2.64. The molecule has 0 bridgehead atoms. The molecule has 7 nitrogen and oxygen atoms in total. The summed E-state index contributed by atoms with van der Waals surface area (Å²) in [5.41, 5.74) is 1.11. The first-order valence-corrected chi connectivity index (χ1v) is 8.05. The summed E-state index contributed by atoms with van der Waals surface area (Å²) in [6, 6.07) is 11.4. The highest BCUT2D eigenvalue weighted by Gasteiger charge is 2.17. The topological polar surface area (TPSA) is 104 Å². The molecule has 1 amide bonds. The molecule has 132 valence electrons. The summed E-state index contributed by atoms with van der Waals surface area (Å²) in [7, 11) is 0. The number of hydrogen-bond acceptors (Lipinski definition) is 5. The molecule has 0 atom stereocenters. The molecule has 0 aromatic heterocycles. The lowest BCUT2D eigenvalue weighted by Crippen LogP contribution is -2.25. The highest BCUT2D eigenvalue weighted by molar-refractivity contribution is 6.31. The van der Waals surface area contributed by atoms with Gasteiger partial charge in [-0.3, -0.25) is 14.9 Å². The second-order valence-electron chi connectivity index (χ2n) is 5.27. The predicted molar refractivity (Wildman–Crippen MR) is 95.9 cm³/mol. The van der Waals surface area contributed by atoms with Crippen molar-refractivity contribution in [3.8, 4) is 0 Å². The number of aliphatic hydroxyl groups excluding tert-OH is 1. The van der Waals surface area contributed by atoms with Crippen molar-refractivity contribution in [2.45, 2.75) is 13.0 Å². The molecule has 0 spiro atoms. The fourth-order valence-corrected chi connectivity index (χ4v) is 2.39. The zero-order valence-corrected chi connectivity index (χ0v) is 14.1. The van der Waals surface area contributed by atoms with Crippen LogP contribution in [0.25, 0.3) is 0 Å². The van der Waals surface area contributed by atoms with Gasteiger partial charge in [-0.05, 0) is 30.2 Å². The zero-order valence-electron chi connectivity index (χ0n) is 13.4.